The molecule has 15 heteroatoms. The maximum atomic E-state index is 16.2. The molecule has 3 saturated carbocycles. The van der Waals surface area contributed by atoms with Crippen LogP contribution in [0.5, 0.6) is 0 Å². The van der Waals surface area contributed by atoms with Crippen LogP contribution in [-0.2, 0) is 42.9 Å². The number of rotatable bonds is 12. The first-order valence-electron chi connectivity index (χ1n) is 23.4. The molecule has 0 heterocycles. The summed E-state index contributed by atoms with van der Waals surface area (Å²) < 4.78 is 31.6. The van der Waals surface area contributed by atoms with Crippen LogP contribution in [0.4, 0.5) is 0 Å². The standard InChI is InChI=1S/C55H57NO14/c1-31-39(67-51(64)43(59)42(34-19-11-7-12-20-34)56-48(61)35-21-13-8-14-22-35)30-55(65)47(69-50(63)37-25-17-10-18-26-37)45-53(6,46(60)44(66-32(2)57)41(31)52(55,4)5)40(68-49(62)36-23-15-9-16-24-36)29-38-27-28-54(38,45)70-33(3)58/h7-26,38-40,42-45,47,59,65H,27-30H2,1-6H3,(H,56,61)/t38-,39+,40+,42+,43-,44-,45?,47+,53-,54+,55-/m1/s1. The number of benzene rings is 4. The maximum absolute atomic E-state index is 16.2. The number of aliphatic hydroxyl groups is 2. The van der Waals surface area contributed by atoms with E-state index in [0.29, 0.717) is 12.0 Å². The SMILES string of the molecule is CC(=O)O[C@H]1C(=O)[C@@]2(C)C([C@H](OC(=O)c3ccccc3)[C@]3(O)C[C@H](OC(=O)[C@H](O)[C@@H](NC(=O)c4ccccc4)c4ccccc4)C(C)=C1C3(C)C)[C@]1(OC(C)=O)CC[C@@H]1C[C@@H]2OC(=O)c1ccccc1. The Morgan fingerprint density at radius 1 is 0.700 bits per heavy atom. The zero-order valence-corrected chi connectivity index (χ0v) is 39.8. The third-order valence-electron chi connectivity index (χ3n) is 15.3. The molecule has 4 aromatic carbocycles. The van der Waals surface area contributed by atoms with Gasteiger partial charge in [-0.05, 0) is 86.2 Å². The van der Waals surface area contributed by atoms with Crippen LogP contribution < -0.4 is 5.32 Å². The average molecular weight is 956 g/mol. The number of aliphatic hydroxyl groups excluding tert-OH is 1. The summed E-state index contributed by atoms with van der Waals surface area (Å²) in [6, 6.07) is 31.2. The number of Topliss-reactive ketones (excluding diaryl/α,β-unsaturated/α-hetero) is 1. The fourth-order valence-electron chi connectivity index (χ4n) is 11.6. The van der Waals surface area contributed by atoms with Gasteiger partial charge in [0.05, 0.1) is 28.5 Å². The highest BCUT2D eigenvalue weighted by molar-refractivity contribution is 5.97. The monoisotopic (exact) mass is 955 g/mol. The molecular weight excluding hydrogens is 899 g/mol. The van der Waals surface area contributed by atoms with E-state index in [1.54, 1.807) is 130 Å². The number of fused-ring (bicyclic) bond motifs is 5. The van der Waals surface area contributed by atoms with E-state index < -0.39 is 118 Å². The Balaban J connectivity index is 1.31. The Labute approximate surface area is 405 Å². The van der Waals surface area contributed by atoms with Gasteiger partial charge in [-0.2, -0.15) is 0 Å². The fourth-order valence-corrected chi connectivity index (χ4v) is 11.6. The second kappa shape index (κ2) is 19.1. The van der Waals surface area contributed by atoms with E-state index in [4.69, 9.17) is 23.7 Å². The molecule has 70 heavy (non-hydrogen) atoms. The molecule has 3 fully saturated rings. The predicted octanol–water partition coefficient (Wildman–Crippen LogP) is 6.61. The Morgan fingerprint density at radius 2 is 1.23 bits per heavy atom. The van der Waals surface area contributed by atoms with E-state index in [0.717, 1.165) is 6.92 Å². The smallest absolute Gasteiger partial charge is 0.338 e. The number of carbonyl (C=O) groups is 7. The molecule has 0 saturated heterocycles. The number of amides is 1. The van der Waals surface area contributed by atoms with Gasteiger partial charge in [0.2, 0.25) is 0 Å². The Kier molecular flexibility index (Phi) is 13.5. The number of ketones is 1. The van der Waals surface area contributed by atoms with Crippen molar-refractivity contribution in [3.63, 3.8) is 0 Å². The van der Waals surface area contributed by atoms with Crippen molar-refractivity contribution in [1.29, 1.82) is 0 Å². The molecule has 3 N–H and O–H groups in total. The minimum absolute atomic E-state index is 0.00188. The second-order valence-electron chi connectivity index (χ2n) is 19.5. The molecule has 366 valence electrons. The van der Waals surface area contributed by atoms with E-state index in [1.807, 2.05) is 0 Å². The lowest BCUT2D eigenvalue weighted by atomic mass is 9.41. The summed E-state index contributed by atoms with van der Waals surface area (Å²) in [4.78, 5) is 99.8. The third-order valence-corrected chi connectivity index (χ3v) is 15.3. The zero-order chi connectivity index (χ0) is 50.3. The minimum atomic E-state index is -2.41. The first-order valence-corrected chi connectivity index (χ1v) is 23.4. The number of ether oxygens (including phenoxy) is 5. The normalized spacial score (nSPS) is 29.4. The van der Waals surface area contributed by atoms with Crippen molar-refractivity contribution >= 4 is 41.5 Å². The van der Waals surface area contributed by atoms with Gasteiger partial charge in [0, 0.05) is 37.2 Å². The van der Waals surface area contributed by atoms with Crippen LogP contribution in [0.25, 0.3) is 0 Å². The Bertz CT molecular complexity index is 2710. The van der Waals surface area contributed by atoms with E-state index in [1.165, 1.54) is 26.0 Å². The second-order valence-corrected chi connectivity index (χ2v) is 19.5. The van der Waals surface area contributed by atoms with Crippen molar-refractivity contribution in [3.05, 3.63) is 155 Å². The highest BCUT2D eigenvalue weighted by Crippen LogP contribution is 2.68. The lowest BCUT2D eigenvalue weighted by molar-refractivity contribution is -0.296. The van der Waals surface area contributed by atoms with E-state index in [-0.39, 0.29) is 40.7 Å². The largest absolute Gasteiger partial charge is 0.458 e. The average Bonchev–Trinajstić information content (AvgIpc) is 3.34. The van der Waals surface area contributed by atoms with Gasteiger partial charge in [-0.25, -0.2) is 14.4 Å². The van der Waals surface area contributed by atoms with Crippen LogP contribution in [0, 0.1) is 22.7 Å². The van der Waals surface area contributed by atoms with Crippen molar-refractivity contribution in [1.82, 2.24) is 5.32 Å². The van der Waals surface area contributed by atoms with Gasteiger partial charge in [-0.1, -0.05) is 98.8 Å². The quantitative estimate of drug-likeness (QED) is 0.0774. The molecule has 8 rings (SSSR count). The van der Waals surface area contributed by atoms with Crippen LogP contribution in [0.3, 0.4) is 0 Å². The molecule has 1 amide bonds. The molecule has 1 unspecified atom stereocenters. The lowest BCUT2D eigenvalue weighted by Crippen LogP contribution is -2.79. The summed E-state index contributed by atoms with van der Waals surface area (Å²) in [5.74, 6) is -8.09. The first-order chi connectivity index (χ1) is 33.2. The van der Waals surface area contributed by atoms with Gasteiger partial charge in [0.1, 0.15) is 29.5 Å². The van der Waals surface area contributed by atoms with Crippen molar-refractivity contribution in [2.24, 2.45) is 22.7 Å². The molecule has 4 aromatic rings. The summed E-state index contributed by atoms with van der Waals surface area (Å²) in [5.41, 5.74) is -6.76. The summed E-state index contributed by atoms with van der Waals surface area (Å²) in [6.07, 6.45) is -8.55. The van der Waals surface area contributed by atoms with Gasteiger partial charge in [0.15, 0.2) is 18.0 Å². The highest BCUT2D eigenvalue weighted by atomic mass is 16.6. The zero-order valence-electron chi connectivity index (χ0n) is 39.8. The molecule has 0 spiro atoms. The van der Waals surface area contributed by atoms with Crippen molar-refractivity contribution in [3.8, 4) is 0 Å². The summed E-state index contributed by atoms with van der Waals surface area (Å²) >= 11 is 0. The molecule has 4 aliphatic carbocycles. The molecule has 11 atom stereocenters. The van der Waals surface area contributed by atoms with Crippen LogP contribution >= 0.6 is 0 Å². The number of nitrogens with one attached hydrogen (secondary N) is 1. The molecule has 0 aliphatic heterocycles. The number of esters is 5. The molecule has 0 aromatic heterocycles. The lowest BCUT2D eigenvalue weighted by Gasteiger charge is -2.68. The third kappa shape index (κ3) is 8.59. The minimum Gasteiger partial charge on any atom is -0.458 e. The fraction of sp³-hybridized carbons (Fsp3) is 0.400. The number of carbonyl (C=O) groups excluding carboxylic acids is 7. The number of hydrogen-bond donors (Lipinski definition) is 3. The van der Waals surface area contributed by atoms with Crippen molar-refractivity contribution in [2.45, 2.75) is 115 Å². The van der Waals surface area contributed by atoms with E-state index in [9.17, 15) is 39.0 Å². The van der Waals surface area contributed by atoms with Crippen molar-refractivity contribution < 1.29 is 67.5 Å². The first kappa shape index (κ1) is 49.5. The summed E-state index contributed by atoms with van der Waals surface area (Å²) in [5, 5.41) is 28.7. The van der Waals surface area contributed by atoms with Gasteiger partial charge < -0.3 is 39.2 Å². The molecule has 4 aliphatic rings. The van der Waals surface area contributed by atoms with E-state index in [2.05, 4.69) is 5.32 Å². The molecule has 2 bridgehead atoms. The van der Waals surface area contributed by atoms with Gasteiger partial charge >= 0.3 is 29.8 Å². The summed E-state index contributed by atoms with van der Waals surface area (Å²) in [6.45, 7) is 8.52. The van der Waals surface area contributed by atoms with Crippen LogP contribution in [-0.4, -0.2) is 93.5 Å². The molecule has 0 radical (unpaired) electrons. The van der Waals surface area contributed by atoms with Gasteiger partial charge in [-0.15, -0.1) is 0 Å². The van der Waals surface area contributed by atoms with Crippen LogP contribution in [0.1, 0.15) is 110 Å². The maximum Gasteiger partial charge on any atom is 0.338 e. The Morgan fingerprint density at radius 3 is 1.74 bits per heavy atom. The highest BCUT2D eigenvalue weighted by Gasteiger charge is 2.78. The Hall–Kier alpha value is -6.97. The van der Waals surface area contributed by atoms with Crippen molar-refractivity contribution in [2.75, 3.05) is 0 Å². The van der Waals surface area contributed by atoms with Crippen LogP contribution in [0.2, 0.25) is 0 Å². The molecular formula is C55H57NO14. The summed E-state index contributed by atoms with van der Waals surface area (Å²) in [7, 11) is 0. The predicted molar refractivity (Wildman–Crippen MR) is 250 cm³/mol. The topological polar surface area (TPSA) is 218 Å². The van der Waals surface area contributed by atoms with Gasteiger partial charge in [-0.3, -0.25) is 19.2 Å². The van der Waals surface area contributed by atoms with Gasteiger partial charge in [0.25, 0.3) is 5.91 Å². The van der Waals surface area contributed by atoms with Crippen LogP contribution in [0.15, 0.2) is 132 Å². The number of hydrogen-bond acceptors (Lipinski definition) is 14. The van der Waals surface area contributed by atoms with E-state index >= 15 is 4.79 Å². The molecule has 15 nitrogen and oxygen atoms in total.